The van der Waals surface area contributed by atoms with Crippen LogP contribution in [0.5, 0.6) is 0 Å². The van der Waals surface area contributed by atoms with Crippen molar-refractivity contribution in [3.8, 4) is 0 Å². The number of aromatic amines is 1. The number of rotatable bonds is 14. The summed E-state index contributed by atoms with van der Waals surface area (Å²) >= 11 is 0. The first kappa shape index (κ1) is 28.0. The molecule has 4 unspecified atom stereocenters. The molecule has 0 spiro atoms. The van der Waals surface area contributed by atoms with Crippen molar-refractivity contribution < 1.29 is 39.0 Å². The lowest BCUT2D eigenvalue weighted by Gasteiger charge is -2.25. The van der Waals surface area contributed by atoms with E-state index in [1.165, 1.54) is 12.5 Å². The third kappa shape index (κ3) is 9.23. The number of nitrogens with zero attached hydrogens (tertiary/aromatic N) is 1. The minimum atomic E-state index is -1.73. The maximum atomic E-state index is 12.9. The lowest BCUT2D eigenvalue weighted by atomic mass is 10.0. The van der Waals surface area contributed by atoms with Gasteiger partial charge in [-0.15, -0.1) is 0 Å². The van der Waals surface area contributed by atoms with Crippen molar-refractivity contribution in [2.75, 3.05) is 0 Å². The fourth-order valence-electron chi connectivity index (χ4n) is 2.73. The molecule has 4 amide bonds. The number of amides is 4. The summed E-state index contributed by atoms with van der Waals surface area (Å²) in [7, 11) is 0. The molecule has 0 aliphatic heterocycles. The minimum Gasteiger partial charge on any atom is -0.481 e. The number of carboxylic acid groups (broad SMARTS) is 2. The number of aromatic nitrogens is 2. The molecule has 0 saturated heterocycles. The number of aliphatic carboxylic acids is 2. The molecule has 10 N–H and O–H groups in total. The first-order chi connectivity index (χ1) is 15.8. The Balaban J connectivity index is 3.08. The number of nitrogens with one attached hydrogen (secondary N) is 4. The third-order valence-electron chi connectivity index (χ3n) is 4.66. The number of hydrogen-bond acceptors (Lipinski definition) is 8. The quantitative estimate of drug-likeness (QED) is 0.131. The van der Waals surface area contributed by atoms with E-state index in [0.717, 1.165) is 0 Å². The van der Waals surface area contributed by atoms with E-state index in [-0.39, 0.29) is 12.3 Å². The van der Waals surface area contributed by atoms with Crippen molar-refractivity contribution in [2.45, 2.75) is 57.3 Å². The number of hydrogen-bond donors (Lipinski definition) is 8. The highest BCUT2D eigenvalue weighted by Crippen LogP contribution is 2.05. The Morgan fingerprint density at radius 2 is 1.50 bits per heavy atom. The minimum absolute atomic E-state index is 0.0940. The second kappa shape index (κ2) is 12.9. The first-order valence-electron chi connectivity index (χ1n) is 10.2. The maximum absolute atomic E-state index is 12.9. The van der Waals surface area contributed by atoms with Gasteiger partial charge in [-0.3, -0.25) is 24.0 Å². The van der Waals surface area contributed by atoms with Gasteiger partial charge in [-0.05, 0) is 5.92 Å². The van der Waals surface area contributed by atoms with E-state index in [4.69, 9.17) is 21.7 Å². The number of carboxylic acids is 2. The molecular weight excluding hydrogens is 454 g/mol. The molecule has 1 aromatic rings. The highest BCUT2D eigenvalue weighted by Gasteiger charge is 2.32. The van der Waals surface area contributed by atoms with Gasteiger partial charge in [0.1, 0.15) is 18.1 Å². The van der Waals surface area contributed by atoms with Gasteiger partial charge in [0.2, 0.25) is 23.6 Å². The third-order valence-corrected chi connectivity index (χ3v) is 4.66. The van der Waals surface area contributed by atoms with E-state index in [0.29, 0.717) is 5.69 Å². The summed E-state index contributed by atoms with van der Waals surface area (Å²) in [6.45, 7) is 3.40. The number of imidazole rings is 1. The molecule has 0 fully saturated rings. The van der Waals surface area contributed by atoms with Crippen LogP contribution in [0.15, 0.2) is 12.5 Å². The predicted octanol–water partition coefficient (Wildman–Crippen LogP) is -3.18. The van der Waals surface area contributed by atoms with Gasteiger partial charge in [0.25, 0.3) is 0 Å². The van der Waals surface area contributed by atoms with Gasteiger partial charge >= 0.3 is 11.9 Å². The zero-order chi connectivity index (χ0) is 26.0. The van der Waals surface area contributed by atoms with Gasteiger partial charge in [0.05, 0.1) is 25.2 Å². The summed E-state index contributed by atoms with van der Waals surface area (Å²) in [5, 5.41) is 24.9. The zero-order valence-corrected chi connectivity index (χ0v) is 18.6. The average Bonchev–Trinajstić information content (AvgIpc) is 3.23. The first-order valence-corrected chi connectivity index (χ1v) is 10.2. The van der Waals surface area contributed by atoms with Gasteiger partial charge in [0.15, 0.2) is 0 Å². The predicted molar refractivity (Wildman–Crippen MR) is 115 cm³/mol. The summed E-state index contributed by atoms with van der Waals surface area (Å²) < 4.78 is 0. The monoisotopic (exact) mass is 483 g/mol. The second-order valence-electron chi connectivity index (χ2n) is 7.84. The molecule has 0 aliphatic carbocycles. The summed E-state index contributed by atoms with van der Waals surface area (Å²) in [5.41, 5.74) is 11.2. The largest absolute Gasteiger partial charge is 0.481 e. The van der Waals surface area contributed by atoms with Crippen LogP contribution >= 0.6 is 0 Å². The average molecular weight is 483 g/mol. The van der Waals surface area contributed by atoms with Crippen molar-refractivity contribution in [3.63, 3.8) is 0 Å². The number of nitrogens with two attached hydrogens (primary N) is 2. The molecular formula is C19H29N7O8. The molecule has 1 heterocycles. The van der Waals surface area contributed by atoms with Crippen LogP contribution in [0.1, 0.15) is 32.4 Å². The second-order valence-corrected chi connectivity index (χ2v) is 7.84. The summed E-state index contributed by atoms with van der Waals surface area (Å²) in [6.07, 6.45) is 0.995. The van der Waals surface area contributed by atoms with Crippen LogP contribution in [0.2, 0.25) is 0 Å². The number of carbonyl (C=O) groups is 6. The smallest absolute Gasteiger partial charge is 0.326 e. The number of H-pyrrole nitrogens is 1. The van der Waals surface area contributed by atoms with Crippen LogP contribution in [0, 0.1) is 5.92 Å². The van der Waals surface area contributed by atoms with E-state index in [9.17, 15) is 28.8 Å². The molecule has 0 saturated carbocycles. The lowest BCUT2D eigenvalue weighted by Crippen LogP contribution is -2.58. The number of primary amides is 1. The molecule has 0 aliphatic rings. The summed E-state index contributed by atoms with van der Waals surface area (Å²) in [6, 6.07) is -5.68. The van der Waals surface area contributed by atoms with E-state index >= 15 is 0 Å². The van der Waals surface area contributed by atoms with Crippen molar-refractivity contribution in [1.82, 2.24) is 25.9 Å². The fraction of sp³-hybridized carbons (Fsp3) is 0.526. The molecule has 0 aromatic carbocycles. The van der Waals surface area contributed by atoms with Crippen molar-refractivity contribution in [2.24, 2.45) is 17.4 Å². The molecule has 1 aromatic heterocycles. The Hall–Kier alpha value is -4.01. The van der Waals surface area contributed by atoms with Gasteiger partial charge in [-0.25, -0.2) is 9.78 Å². The van der Waals surface area contributed by atoms with Gasteiger partial charge in [0, 0.05) is 18.3 Å². The Labute approximate surface area is 194 Å². The SMILES string of the molecule is CC(C)C(N)C(=O)NC(Cc1cnc[nH]1)C(=O)NC(CC(=O)O)C(=O)NC(CC(N)=O)C(=O)O. The molecule has 15 heteroatoms. The lowest BCUT2D eigenvalue weighted by molar-refractivity contribution is -0.144. The van der Waals surface area contributed by atoms with Crippen molar-refractivity contribution in [1.29, 1.82) is 0 Å². The van der Waals surface area contributed by atoms with E-state index in [1.54, 1.807) is 13.8 Å². The van der Waals surface area contributed by atoms with Crippen LogP contribution in [-0.4, -0.2) is 79.9 Å². The van der Waals surface area contributed by atoms with E-state index in [2.05, 4.69) is 20.6 Å². The van der Waals surface area contributed by atoms with E-state index < -0.39 is 72.6 Å². The topological polar surface area (TPSA) is 260 Å². The van der Waals surface area contributed by atoms with Crippen LogP contribution < -0.4 is 27.4 Å². The zero-order valence-electron chi connectivity index (χ0n) is 18.6. The Bertz CT molecular complexity index is 902. The van der Waals surface area contributed by atoms with Crippen molar-refractivity contribution >= 4 is 35.6 Å². The fourth-order valence-corrected chi connectivity index (χ4v) is 2.73. The normalized spacial score (nSPS) is 14.4. The molecule has 15 nitrogen and oxygen atoms in total. The Kier molecular flexibility index (Phi) is 10.6. The standard InChI is InChI=1S/C19H29N7O8/c1-8(2)15(21)18(32)25-10(3-9-6-22-7-23-9)16(30)24-11(5-14(28)29)17(31)26-12(19(33)34)4-13(20)27/h6-8,10-12,15H,3-5,21H2,1-2H3,(H2,20,27)(H,22,23)(H,24,30)(H,25,32)(H,26,31)(H,28,29)(H,33,34). The Morgan fingerprint density at radius 1 is 0.941 bits per heavy atom. The number of carbonyl (C=O) groups excluding carboxylic acids is 4. The maximum Gasteiger partial charge on any atom is 0.326 e. The molecule has 4 atom stereocenters. The molecule has 0 bridgehead atoms. The molecule has 188 valence electrons. The molecule has 34 heavy (non-hydrogen) atoms. The Morgan fingerprint density at radius 3 is 1.97 bits per heavy atom. The van der Waals surface area contributed by atoms with Crippen LogP contribution in [0.4, 0.5) is 0 Å². The van der Waals surface area contributed by atoms with Crippen LogP contribution in [0.3, 0.4) is 0 Å². The van der Waals surface area contributed by atoms with Crippen molar-refractivity contribution in [3.05, 3.63) is 18.2 Å². The van der Waals surface area contributed by atoms with Gasteiger partial charge in [-0.2, -0.15) is 0 Å². The van der Waals surface area contributed by atoms with Gasteiger partial charge < -0.3 is 42.6 Å². The molecule has 1 rings (SSSR count). The van der Waals surface area contributed by atoms with E-state index in [1.807, 2.05) is 5.32 Å². The highest BCUT2D eigenvalue weighted by molar-refractivity contribution is 5.96. The molecule has 0 radical (unpaired) electrons. The highest BCUT2D eigenvalue weighted by atomic mass is 16.4. The summed E-state index contributed by atoms with van der Waals surface area (Å²) in [4.78, 5) is 78.0. The van der Waals surface area contributed by atoms with Crippen LogP contribution in [0.25, 0.3) is 0 Å². The van der Waals surface area contributed by atoms with Crippen LogP contribution in [-0.2, 0) is 35.2 Å². The summed E-state index contributed by atoms with van der Waals surface area (Å²) in [5.74, 6) is -7.08. The van der Waals surface area contributed by atoms with Gasteiger partial charge in [-0.1, -0.05) is 13.8 Å².